The maximum Gasteiger partial charge on any atom is 0.287 e. The van der Waals surface area contributed by atoms with E-state index in [1.165, 1.54) is 19.2 Å². The van der Waals surface area contributed by atoms with Crippen LogP contribution in [-0.4, -0.2) is 34.5 Å². The van der Waals surface area contributed by atoms with E-state index < -0.39 is 15.9 Å². The highest BCUT2D eigenvalue weighted by molar-refractivity contribution is 7.89. The second-order valence-corrected chi connectivity index (χ2v) is 6.97. The van der Waals surface area contributed by atoms with Crippen LogP contribution in [0, 0.1) is 13.8 Å². The van der Waals surface area contributed by atoms with Gasteiger partial charge in [-0.2, -0.15) is 0 Å². The number of aryl methyl sites for hydroxylation is 2. The number of rotatable bonds is 7. The van der Waals surface area contributed by atoms with Crippen molar-refractivity contribution in [1.29, 1.82) is 0 Å². The molecule has 1 aromatic heterocycles. The second kappa shape index (κ2) is 7.50. The number of sulfonamides is 1. The lowest BCUT2D eigenvalue weighted by molar-refractivity contribution is 0.0914. The van der Waals surface area contributed by atoms with Crippen LogP contribution in [0.2, 0.25) is 0 Å². The molecule has 7 nitrogen and oxygen atoms in total. The number of amides is 1. The van der Waals surface area contributed by atoms with Gasteiger partial charge in [-0.15, -0.1) is 0 Å². The minimum Gasteiger partial charge on any atom is -0.491 e. The Morgan fingerprint density at radius 1 is 1.17 bits per heavy atom. The van der Waals surface area contributed by atoms with Crippen LogP contribution >= 0.6 is 0 Å². The Morgan fingerprint density at radius 2 is 1.83 bits per heavy atom. The predicted molar refractivity (Wildman–Crippen MR) is 88.7 cm³/mol. The van der Waals surface area contributed by atoms with Crippen molar-refractivity contribution in [1.82, 2.24) is 10.0 Å². The Bertz CT molecular complexity index is 806. The summed E-state index contributed by atoms with van der Waals surface area (Å²) in [5.41, 5.74) is 2.04. The van der Waals surface area contributed by atoms with Gasteiger partial charge in [0.25, 0.3) is 15.9 Å². The summed E-state index contributed by atoms with van der Waals surface area (Å²) >= 11 is 0. The standard InChI is InChI=1S/C16H20N2O5S/c1-11-5-4-6-12(2)15(11)22-10-9-18-16(19)13-7-8-14(23-13)24(20,21)17-3/h4-8,17H,9-10H2,1-3H3,(H,18,19). The Morgan fingerprint density at radius 3 is 2.46 bits per heavy atom. The first-order chi connectivity index (χ1) is 11.3. The molecule has 2 rings (SSSR count). The Hall–Kier alpha value is -2.32. The molecule has 0 saturated heterocycles. The van der Waals surface area contributed by atoms with E-state index in [0.717, 1.165) is 16.9 Å². The molecular weight excluding hydrogens is 332 g/mol. The van der Waals surface area contributed by atoms with Crippen LogP contribution in [0.25, 0.3) is 0 Å². The molecule has 0 bridgehead atoms. The quantitative estimate of drug-likeness (QED) is 0.738. The fourth-order valence-electron chi connectivity index (χ4n) is 2.12. The van der Waals surface area contributed by atoms with Crippen LogP contribution in [0.5, 0.6) is 5.75 Å². The Labute approximate surface area is 141 Å². The first-order valence-corrected chi connectivity index (χ1v) is 8.84. The number of carbonyl (C=O) groups excluding carboxylic acids is 1. The molecule has 0 spiro atoms. The van der Waals surface area contributed by atoms with Crippen LogP contribution in [0.3, 0.4) is 0 Å². The third-order valence-electron chi connectivity index (χ3n) is 3.38. The second-order valence-electron chi connectivity index (χ2n) is 5.15. The average Bonchev–Trinajstić information content (AvgIpc) is 3.04. The van der Waals surface area contributed by atoms with Gasteiger partial charge in [-0.05, 0) is 44.2 Å². The molecule has 0 aliphatic rings. The molecule has 24 heavy (non-hydrogen) atoms. The number of carbonyl (C=O) groups is 1. The van der Waals surface area contributed by atoms with Gasteiger partial charge in [0.05, 0.1) is 6.54 Å². The molecule has 1 amide bonds. The number of benzene rings is 1. The van der Waals surface area contributed by atoms with Gasteiger partial charge in [0.1, 0.15) is 12.4 Å². The molecule has 0 atom stereocenters. The Kier molecular flexibility index (Phi) is 5.63. The molecule has 1 aromatic carbocycles. The fraction of sp³-hybridized carbons (Fsp3) is 0.312. The zero-order valence-electron chi connectivity index (χ0n) is 13.8. The molecule has 0 saturated carbocycles. The summed E-state index contributed by atoms with van der Waals surface area (Å²) < 4.78 is 36.0. The summed E-state index contributed by atoms with van der Waals surface area (Å²) in [7, 11) is -2.44. The van der Waals surface area contributed by atoms with Crippen LogP contribution in [0.1, 0.15) is 21.7 Å². The minimum absolute atomic E-state index is 0.0732. The van der Waals surface area contributed by atoms with Crippen molar-refractivity contribution >= 4 is 15.9 Å². The van der Waals surface area contributed by atoms with Crippen LogP contribution in [0.4, 0.5) is 0 Å². The molecule has 2 aromatic rings. The number of para-hydroxylation sites is 1. The number of hydrogen-bond donors (Lipinski definition) is 2. The Balaban J connectivity index is 1.88. The smallest absolute Gasteiger partial charge is 0.287 e. The lowest BCUT2D eigenvalue weighted by Gasteiger charge is -2.12. The first kappa shape index (κ1) is 18.0. The summed E-state index contributed by atoms with van der Waals surface area (Å²) in [6, 6.07) is 8.40. The summed E-state index contributed by atoms with van der Waals surface area (Å²) in [5, 5.41) is 2.31. The third kappa shape index (κ3) is 4.15. The van der Waals surface area contributed by atoms with E-state index >= 15 is 0 Å². The topological polar surface area (TPSA) is 97.6 Å². The van der Waals surface area contributed by atoms with Crippen molar-refractivity contribution in [2.24, 2.45) is 0 Å². The molecule has 0 radical (unpaired) electrons. The highest BCUT2D eigenvalue weighted by Gasteiger charge is 2.19. The first-order valence-electron chi connectivity index (χ1n) is 7.36. The van der Waals surface area contributed by atoms with Gasteiger partial charge in [-0.3, -0.25) is 4.79 Å². The zero-order valence-corrected chi connectivity index (χ0v) is 14.6. The van der Waals surface area contributed by atoms with E-state index in [1.807, 2.05) is 32.0 Å². The molecule has 8 heteroatoms. The summed E-state index contributed by atoms with van der Waals surface area (Å²) in [6.07, 6.45) is 0. The molecule has 1 heterocycles. The van der Waals surface area contributed by atoms with E-state index in [9.17, 15) is 13.2 Å². The van der Waals surface area contributed by atoms with E-state index in [1.54, 1.807) is 0 Å². The lowest BCUT2D eigenvalue weighted by atomic mass is 10.1. The fourth-order valence-corrected chi connectivity index (χ4v) is 2.77. The number of furan rings is 1. The molecule has 0 aliphatic carbocycles. The van der Waals surface area contributed by atoms with Gasteiger partial charge in [-0.1, -0.05) is 18.2 Å². The minimum atomic E-state index is -3.70. The van der Waals surface area contributed by atoms with E-state index in [2.05, 4.69) is 10.0 Å². The van der Waals surface area contributed by atoms with E-state index in [0.29, 0.717) is 6.61 Å². The zero-order chi connectivity index (χ0) is 17.7. The van der Waals surface area contributed by atoms with Crippen molar-refractivity contribution in [3.8, 4) is 5.75 Å². The van der Waals surface area contributed by atoms with Crippen molar-refractivity contribution in [2.75, 3.05) is 20.2 Å². The highest BCUT2D eigenvalue weighted by atomic mass is 32.2. The summed E-state index contributed by atoms with van der Waals surface area (Å²) in [4.78, 5) is 11.9. The number of hydrogen-bond acceptors (Lipinski definition) is 5. The molecule has 0 fully saturated rings. The maximum atomic E-state index is 11.9. The van der Waals surface area contributed by atoms with Gasteiger partial charge in [0.2, 0.25) is 5.09 Å². The number of ether oxygens (including phenoxy) is 1. The monoisotopic (exact) mass is 352 g/mol. The van der Waals surface area contributed by atoms with Crippen molar-refractivity contribution in [2.45, 2.75) is 18.9 Å². The molecular formula is C16H20N2O5S. The maximum absolute atomic E-state index is 11.9. The van der Waals surface area contributed by atoms with Crippen molar-refractivity contribution < 1.29 is 22.4 Å². The van der Waals surface area contributed by atoms with Gasteiger partial charge in [0, 0.05) is 0 Å². The van der Waals surface area contributed by atoms with Crippen LogP contribution < -0.4 is 14.8 Å². The SMILES string of the molecule is CNS(=O)(=O)c1ccc(C(=O)NCCOc2c(C)cccc2C)o1. The molecule has 0 aliphatic heterocycles. The highest BCUT2D eigenvalue weighted by Crippen LogP contribution is 2.21. The normalized spacial score (nSPS) is 11.3. The predicted octanol–water partition coefficient (Wildman–Crippen LogP) is 1.61. The summed E-state index contributed by atoms with van der Waals surface area (Å²) in [5.74, 6) is 0.223. The van der Waals surface area contributed by atoms with Crippen molar-refractivity contribution in [3.63, 3.8) is 0 Å². The van der Waals surface area contributed by atoms with Gasteiger partial charge >= 0.3 is 0 Å². The summed E-state index contributed by atoms with van der Waals surface area (Å²) in [6.45, 7) is 4.46. The van der Waals surface area contributed by atoms with E-state index in [-0.39, 0.29) is 17.4 Å². The molecule has 0 unspecified atom stereocenters. The van der Waals surface area contributed by atoms with Gasteiger partial charge in [0.15, 0.2) is 5.76 Å². The average molecular weight is 352 g/mol. The van der Waals surface area contributed by atoms with E-state index in [4.69, 9.17) is 9.15 Å². The largest absolute Gasteiger partial charge is 0.491 e. The molecule has 2 N–H and O–H groups in total. The van der Waals surface area contributed by atoms with Crippen LogP contribution in [0.15, 0.2) is 39.8 Å². The van der Waals surface area contributed by atoms with Crippen LogP contribution in [-0.2, 0) is 10.0 Å². The lowest BCUT2D eigenvalue weighted by Crippen LogP contribution is -2.28. The third-order valence-corrected chi connectivity index (χ3v) is 4.67. The molecule has 130 valence electrons. The van der Waals surface area contributed by atoms with Gasteiger partial charge < -0.3 is 14.5 Å². The number of nitrogens with one attached hydrogen (secondary N) is 2. The van der Waals surface area contributed by atoms with Crippen molar-refractivity contribution in [3.05, 3.63) is 47.2 Å². The van der Waals surface area contributed by atoms with Gasteiger partial charge in [-0.25, -0.2) is 13.1 Å².